The molecule has 88 valence electrons. The molecule has 3 heteroatoms. The summed E-state index contributed by atoms with van der Waals surface area (Å²) >= 11 is 0. The molecule has 0 spiro atoms. The molecule has 1 N–H and O–H groups in total. The monoisotopic (exact) mass is 220 g/mol. The number of hydrogen-bond acceptors (Lipinski definition) is 3. The first-order valence-electron chi connectivity index (χ1n) is 6.02. The van der Waals surface area contributed by atoms with Crippen LogP contribution in [0.1, 0.15) is 31.4 Å². The van der Waals surface area contributed by atoms with Crippen molar-refractivity contribution in [3.8, 4) is 0 Å². The van der Waals surface area contributed by atoms with E-state index in [1.54, 1.807) is 7.11 Å². The van der Waals surface area contributed by atoms with E-state index < -0.39 is 0 Å². The smallest absolute Gasteiger partial charge is 0.0772 e. The minimum atomic E-state index is 0.341. The van der Waals surface area contributed by atoms with Gasteiger partial charge in [-0.2, -0.15) is 0 Å². The maximum Gasteiger partial charge on any atom is 0.0772 e. The largest absolute Gasteiger partial charge is 0.379 e. The molecule has 1 aromatic rings. The van der Waals surface area contributed by atoms with Crippen molar-refractivity contribution in [2.24, 2.45) is 0 Å². The molecule has 0 aromatic carbocycles. The number of aromatic nitrogens is 1. The van der Waals surface area contributed by atoms with Gasteiger partial charge in [-0.1, -0.05) is 12.8 Å². The minimum Gasteiger partial charge on any atom is -0.379 e. The van der Waals surface area contributed by atoms with E-state index in [0.29, 0.717) is 12.1 Å². The quantitative estimate of drug-likeness (QED) is 0.850. The maximum absolute atomic E-state index is 5.53. The molecule has 1 heterocycles. The number of ether oxygens (including phenoxy) is 1. The lowest BCUT2D eigenvalue weighted by Gasteiger charge is -2.32. The normalized spacial score (nSPS) is 25.4. The summed E-state index contributed by atoms with van der Waals surface area (Å²) in [5.74, 6) is 0. The van der Waals surface area contributed by atoms with Gasteiger partial charge in [0.15, 0.2) is 0 Å². The number of nitrogens with zero attached hydrogens (tertiary/aromatic N) is 1. The Morgan fingerprint density at radius 3 is 2.94 bits per heavy atom. The van der Waals surface area contributed by atoms with E-state index in [-0.39, 0.29) is 0 Å². The van der Waals surface area contributed by atoms with Crippen LogP contribution in [0.25, 0.3) is 0 Å². The first-order chi connectivity index (χ1) is 7.81. The molecule has 1 aliphatic rings. The Morgan fingerprint density at radius 1 is 1.38 bits per heavy atom. The molecule has 1 aromatic heterocycles. The van der Waals surface area contributed by atoms with Gasteiger partial charge in [0, 0.05) is 13.3 Å². The van der Waals surface area contributed by atoms with Gasteiger partial charge in [0.2, 0.25) is 0 Å². The van der Waals surface area contributed by atoms with Gasteiger partial charge < -0.3 is 10.1 Å². The molecule has 0 bridgehead atoms. The molecule has 2 unspecified atom stereocenters. The van der Waals surface area contributed by atoms with Crippen molar-refractivity contribution >= 4 is 5.69 Å². The van der Waals surface area contributed by atoms with E-state index in [1.165, 1.54) is 19.3 Å². The zero-order chi connectivity index (χ0) is 11.4. The molecule has 0 saturated heterocycles. The number of methoxy groups -OCH3 is 1. The van der Waals surface area contributed by atoms with Crippen LogP contribution < -0.4 is 5.32 Å². The van der Waals surface area contributed by atoms with Gasteiger partial charge in [0.25, 0.3) is 0 Å². The summed E-state index contributed by atoms with van der Waals surface area (Å²) in [6.45, 7) is 2.03. The molecule has 3 nitrogen and oxygen atoms in total. The fraction of sp³-hybridized carbons (Fsp3) is 0.615. The minimum absolute atomic E-state index is 0.341. The van der Waals surface area contributed by atoms with Crippen molar-refractivity contribution in [2.45, 2.75) is 44.8 Å². The first-order valence-corrected chi connectivity index (χ1v) is 6.02. The lowest BCUT2D eigenvalue weighted by atomic mass is 9.92. The molecule has 1 saturated carbocycles. The summed E-state index contributed by atoms with van der Waals surface area (Å²) in [4.78, 5) is 4.29. The van der Waals surface area contributed by atoms with Crippen molar-refractivity contribution in [3.05, 3.63) is 24.0 Å². The molecule has 1 aliphatic carbocycles. The topological polar surface area (TPSA) is 34.1 Å². The lowest BCUT2D eigenvalue weighted by Crippen LogP contribution is -2.37. The van der Waals surface area contributed by atoms with Crippen LogP contribution in [0.5, 0.6) is 0 Å². The van der Waals surface area contributed by atoms with Crippen LogP contribution in [0, 0.1) is 6.92 Å². The van der Waals surface area contributed by atoms with Crippen LogP contribution in [0.2, 0.25) is 0 Å². The molecular weight excluding hydrogens is 200 g/mol. The second-order valence-corrected chi connectivity index (χ2v) is 4.45. The van der Waals surface area contributed by atoms with Crippen molar-refractivity contribution in [1.29, 1.82) is 0 Å². The third kappa shape index (κ3) is 2.53. The van der Waals surface area contributed by atoms with Gasteiger partial charge in [-0.15, -0.1) is 0 Å². The number of pyridine rings is 1. The molecule has 2 rings (SSSR count). The van der Waals surface area contributed by atoms with Gasteiger partial charge in [0.05, 0.1) is 23.5 Å². The zero-order valence-corrected chi connectivity index (χ0v) is 10.1. The highest BCUT2D eigenvalue weighted by Crippen LogP contribution is 2.24. The van der Waals surface area contributed by atoms with Gasteiger partial charge >= 0.3 is 0 Å². The maximum atomic E-state index is 5.53. The molecule has 0 radical (unpaired) electrons. The number of rotatable bonds is 3. The van der Waals surface area contributed by atoms with Crippen molar-refractivity contribution in [1.82, 2.24) is 4.98 Å². The molecular formula is C13H20N2O. The summed E-state index contributed by atoms with van der Waals surface area (Å²) in [5.41, 5.74) is 2.19. The molecule has 1 fully saturated rings. The van der Waals surface area contributed by atoms with E-state index >= 15 is 0 Å². The van der Waals surface area contributed by atoms with E-state index in [0.717, 1.165) is 17.8 Å². The summed E-state index contributed by atoms with van der Waals surface area (Å²) in [7, 11) is 1.81. The van der Waals surface area contributed by atoms with Crippen LogP contribution >= 0.6 is 0 Å². The highest BCUT2D eigenvalue weighted by Gasteiger charge is 2.24. The number of nitrogens with one attached hydrogen (secondary N) is 1. The zero-order valence-electron chi connectivity index (χ0n) is 10.1. The van der Waals surface area contributed by atoms with Crippen molar-refractivity contribution in [2.75, 3.05) is 12.4 Å². The molecule has 0 amide bonds. The van der Waals surface area contributed by atoms with E-state index in [9.17, 15) is 0 Å². The highest BCUT2D eigenvalue weighted by atomic mass is 16.5. The van der Waals surface area contributed by atoms with Gasteiger partial charge in [-0.05, 0) is 31.9 Å². The average molecular weight is 220 g/mol. The Labute approximate surface area is 97.2 Å². The Hall–Kier alpha value is -1.09. The average Bonchev–Trinajstić information content (AvgIpc) is 2.33. The third-order valence-electron chi connectivity index (χ3n) is 3.35. The third-order valence-corrected chi connectivity index (χ3v) is 3.35. The van der Waals surface area contributed by atoms with E-state index in [4.69, 9.17) is 4.74 Å². The standard InChI is InChI=1S/C13H20N2O/c1-10-11(7-5-9-14-10)15-12-6-3-4-8-13(12)16-2/h5,7,9,12-13,15H,3-4,6,8H2,1-2H3. The molecule has 16 heavy (non-hydrogen) atoms. The lowest BCUT2D eigenvalue weighted by molar-refractivity contribution is 0.0606. The van der Waals surface area contributed by atoms with Crippen LogP contribution in [0.15, 0.2) is 18.3 Å². The summed E-state index contributed by atoms with van der Waals surface area (Å²) in [5, 5.41) is 3.56. The highest BCUT2D eigenvalue weighted by molar-refractivity contribution is 5.47. The Balaban J connectivity index is 2.05. The van der Waals surface area contributed by atoms with Crippen molar-refractivity contribution in [3.63, 3.8) is 0 Å². The summed E-state index contributed by atoms with van der Waals surface area (Å²) < 4.78 is 5.53. The van der Waals surface area contributed by atoms with Gasteiger partial charge in [0.1, 0.15) is 0 Å². The summed E-state index contributed by atoms with van der Waals surface area (Å²) in [6.07, 6.45) is 7.09. The fourth-order valence-corrected chi connectivity index (χ4v) is 2.38. The van der Waals surface area contributed by atoms with Crippen LogP contribution in [-0.2, 0) is 4.74 Å². The Kier molecular flexibility index (Phi) is 3.78. The van der Waals surface area contributed by atoms with Crippen LogP contribution in [-0.4, -0.2) is 24.2 Å². The number of aryl methyl sites for hydroxylation is 1. The second-order valence-electron chi connectivity index (χ2n) is 4.45. The fourth-order valence-electron chi connectivity index (χ4n) is 2.38. The van der Waals surface area contributed by atoms with Crippen LogP contribution in [0.4, 0.5) is 5.69 Å². The van der Waals surface area contributed by atoms with Gasteiger partial charge in [-0.25, -0.2) is 0 Å². The number of hydrogen-bond donors (Lipinski definition) is 1. The SMILES string of the molecule is COC1CCCCC1Nc1cccnc1C. The Morgan fingerprint density at radius 2 is 2.19 bits per heavy atom. The Bertz CT molecular complexity index is 340. The van der Waals surface area contributed by atoms with Gasteiger partial charge in [-0.3, -0.25) is 4.98 Å². The first kappa shape index (κ1) is 11.4. The molecule has 0 aliphatic heterocycles. The predicted octanol–water partition coefficient (Wildman–Crippen LogP) is 2.76. The number of anilines is 1. The van der Waals surface area contributed by atoms with E-state index in [1.807, 2.05) is 19.2 Å². The second kappa shape index (κ2) is 5.30. The van der Waals surface area contributed by atoms with Crippen molar-refractivity contribution < 1.29 is 4.74 Å². The predicted molar refractivity (Wildman–Crippen MR) is 65.6 cm³/mol. The molecule has 2 atom stereocenters. The summed E-state index contributed by atoms with van der Waals surface area (Å²) in [6, 6.07) is 4.49. The van der Waals surface area contributed by atoms with Crippen LogP contribution in [0.3, 0.4) is 0 Å². The van der Waals surface area contributed by atoms with E-state index in [2.05, 4.69) is 16.4 Å².